The molecule has 1 heterocycles. The van der Waals surface area contributed by atoms with Gasteiger partial charge in [0.05, 0.1) is 0 Å². The lowest BCUT2D eigenvalue weighted by Crippen LogP contribution is -2.23. The number of rotatable bonds is 4. The molecule has 2 atom stereocenters. The molecule has 96 valence electrons. The third kappa shape index (κ3) is 2.45. The molecule has 3 rings (SSSR count). The van der Waals surface area contributed by atoms with Crippen LogP contribution in [-0.4, -0.2) is 6.54 Å². The topological polar surface area (TPSA) is 12.0 Å². The Morgan fingerprint density at radius 2 is 2.17 bits per heavy atom. The minimum atomic E-state index is 0.898. The third-order valence-electron chi connectivity index (χ3n) is 4.32. The summed E-state index contributed by atoms with van der Waals surface area (Å²) >= 11 is 1.86. The zero-order valence-corrected chi connectivity index (χ0v) is 11.8. The van der Waals surface area contributed by atoms with Gasteiger partial charge >= 0.3 is 0 Å². The van der Waals surface area contributed by atoms with Gasteiger partial charge in [-0.3, -0.25) is 0 Å². The van der Waals surface area contributed by atoms with Gasteiger partial charge in [-0.05, 0) is 47.2 Å². The van der Waals surface area contributed by atoms with Crippen LogP contribution in [0.2, 0.25) is 0 Å². The molecule has 2 aromatic rings. The molecular formula is C16H21NS. The van der Waals surface area contributed by atoms with Gasteiger partial charge in [-0.15, -0.1) is 11.3 Å². The van der Waals surface area contributed by atoms with Crippen molar-refractivity contribution in [2.75, 3.05) is 6.54 Å². The van der Waals surface area contributed by atoms with E-state index in [-0.39, 0.29) is 0 Å². The van der Waals surface area contributed by atoms with Gasteiger partial charge in [0, 0.05) is 11.2 Å². The predicted molar refractivity (Wildman–Crippen MR) is 80.0 cm³/mol. The molecule has 1 N–H and O–H groups in total. The highest BCUT2D eigenvalue weighted by Crippen LogP contribution is 2.31. The maximum Gasteiger partial charge on any atom is 0.0346 e. The third-order valence-corrected chi connectivity index (χ3v) is 5.33. The Balaban J connectivity index is 1.60. The monoisotopic (exact) mass is 259 g/mol. The summed E-state index contributed by atoms with van der Waals surface area (Å²) in [4.78, 5) is 0. The molecule has 0 spiro atoms. The first-order chi connectivity index (χ1) is 8.84. The Kier molecular flexibility index (Phi) is 3.67. The van der Waals surface area contributed by atoms with Crippen LogP contribution >= 0.6 is 11.3 Å². The summed E-state index contributed by atoms with van der Waals surface area (Å²) < 4.78 is 1.41. The molecule has 1 saturated carbocycles. The minimum Gasteiger partial charge on any atom is -0.312 e. The van der Waals surface area contributed by atoms with Crippen LogP contribution in [0, 0.1) is 11.8 Å². The highest BCUT2D eigenvalue weighted by atomic mass is 32.1. The number of thiophene rings is 1. The molecule has 1 nitrogen and oxygen atoms in total. The molecule has 2 unspecified atom stereocenters. The average Bonchev–Trinajstić information content (AvgIpc) is 2.97. The van der Waals surface area contributed by atoms with Crippen molar-refractivity contribution in [1.29, 1.82) is 0 Å². The van der Waals surface area contributed by atoms with Gasteiger partial charge < -0.3 is 5.32 Å². The molecule has 1 aliphatic rings. The Hall–Kier alpha value is -0.860. The Bertz CT molecular complexity index is 517. The molecule has 2 heteroatoms. The van der Waals surface area contributed by atoms with E-state index >= 15 is 0 Å². The van der Waals surface area contributed by atoms with Gasteiger partial charge in [0.1, 0.15) is 0 Å². The van der Waals surface area contributed by atoms with E-state index in [0.717, 1.165) is 18.4 Å². The molecule has 0 saturated heterocycles. The smallest absolute Gasteiger partial charge is 0.0346 e. The van der Waals surface area contributed by atoms with E-state index in [2.05, 4.69) is 41.9 Å². The first-order valence-corrected chi connectivity index (χ1v) is 7.88. The number of benzene rings is 1. The summed E-state index contributed by atoms with van der Waals surface area (Å²) in [6, 6.07) is 8.71. The lowest BCUT2D eigenvalue weighted by Gasteiger charge is -2.15. The van der Waals surface area contributed by atoms with Crippen molar-refractivity contribution < 1.29 is 0 Å². The van der Waals surface area contributed by atoms with Gasteiger partial charge in [0.25, 0.3) is 0 Å². The highest BCUT2D eigenvalue weighted by molar-refractivity contribution is 7.17. The normalized spacial score (nSPS) is 23.8. The van der Waals surface area contributed by atoms with Crippen molar-refractivity contribution in [3.63, 3.8) is 0 Å². The summed E-state index contributed by atoms with van der Waals surface area (Å²) in [5.41, 5.74) is 1.46. The molecule has 1 aromatic carbocycles. The van der Waals surface area contributed by atoms with E-state index in [1.807, 2.05) is 11.3 Å². The van der Waals surface area contributed by atoms with E-state index in [1.54, 1.807) is 0 Å². The Morgan fingerprint density at radius 1 is 1.28 bits per heavy atom. The molecular weight excluding hydrogens is 238 g/mol. The first-order valence-electron chi connectivity index (χ1n) is 7.00. The summed E-state index contributed by atoms with van der Waals surface area (Å²) in [5, 5.41) is 7.39. The van der Waals surface area contributed by atoms with Crippen LogP contribution in [0.25, 0.3) is 10.1 Å². The SMILES string of the molecule is CC1CCCC1CNCc1csc2ccccc12. The van der Waals surface area contributed by atoms with E-state index in [9.17, 15) is 0 Å². The highest BCUT2D eigenvalue weighted by Gasteiger charge is 2.22. The fourth-order valence-corrected chi connectivity index (χ4v) is 4.05. The van der Waals surface area contributed by atoms with Crippen LogP contribution in [0.4, 0.5) is 0 Å². The van der Waals surface area contributed by atoms with Gasteiger partial charge in [0.2, 0.25) is 0 Å². The van der Waals surface area contributed by atoms with Crippen molar-refractivity contribution in [3.8, 4) is 0 Å². The second-order valence-electron chi connectivity index (χ2n) is 5.56. The van der Waals surface area contributed by atoms with E-state index in [0.29, 0.717) is 0 Å². The van der Waals surface area contributed by atoms with Crippen LogP contribution in [0.1, 0.15) is 31.7 Å². The van der Waals surface area contributed by atoms with Crippen molar-refractivity contribution >= 4 is 21.4 Å². The van der Waals surface area contributed by atoms with Crippen molar-refractivity contribution in [1.82, 2.24) is 5.32 Å². The summed E-state index contributed by atoms with van der Waals surface area (Å²) in [5.74, 6) is 1.81. The molecule has 0 aliphatic heterocycles. The van der Waals surface area contributed by atoms with Gasteiger partial charge in [-0.1, -0.05) is 38.0 Å². The van der Waals surface area contributed by atoms with Gasteiger partial charge in [-0.25, -0.2) is 0 Å². The number of fused-ring (bicyclic) bond motifs is 1. The summed E-state index contributed by atoms with van der Waals surface area (Å²) in [7, 11) is 0. The van der Waals surface area contributed by atoms with E-state index in [4.69, 9.17) is 0 Å². The average molecular weight is 259 g/mol. The maximum absolute atomic E-state index is 3.66. The molecule has 0 radical (unpaired) electrons. The molecule has 1 aromatic heterocycles. The molecule has 0 amide bonds. The van der Waals surface area contributed by atoms with Crippen LogP contribution < -0.4 is 5.32 Å². The minimum absolute atomic E-state index is 0.898. The molecule has 18 heavy (non-hydrogen) atoms. The lowest BCUT2D eigenvalue weighted by molar-refractivity contribution is 0.392. The van der Waals surface area contributed by atoms with Gasteiger partial charge in [-0.2, -0.15) is 0 Å². The van der Waals surface area contributed by atoms with Crippen LogP contribution in [0.15, 0.2) is 29.6 Å². The number of nitrogens with one attached hydrogen (secondary N) is 1. The Morgan fingerprint density at radius 3 is 3.00 bits per heavy atom. The molecule has 1 aliphatic carbocycles. The number of hydrogen-bond donors (Lipinski definition) is 1. The fourth-order valence-electron chi connectivity index (χ4n) is 3.09. The second-order valence-corrected chi connectivity index (χ2v) is 6.47. The lowest BCUT2D eigenvalue weighted by atomic mass is 9.98. The maximum atomic E-state index is 3.66. The standard InChI is InChI=1S/C16H21NS/c1-12-5-4-6-13(12)9-17-10-14-11-18-16-8-3-2-7-15(14)16/h2-3,7-8,11-13,17H,4-6,9-10H2,1H3. The van der Waals surface area contributed by atoms with Gasteiger partial charge in [0.15, 0.2) is 0 Å². The van der Waals surface area contributed by atoms with E-state index < -0.39 is 0 Å². The zero-order valence-electron chi connectivity index (χ0n) is 11.0. The van der Waals surface area contributed by atoms with Crippen molar-refractivity contribution in [3.05, 3.63) is 35.2 Å². The van der Waals surface area contributed by atoms with Crippen LogP contribution in [0.5, 0.6) is 0 Å². The number of hydrogen-bond acceptors (Lipinski definition) is 2. The zero-order chi connectivity index (χ0) is 12.4. The fraction of sp³-hybridized carbons (Fsp3) is 0.500. The summed E-state index contributed by atoms with van der Waals surface area (Å²) in [6.45, 7) is 4.61. The van der Waals surface area contributed by atoms with E-state index in [1.165, 1.54) is 41.5 Å². The van der Waals surface area contributed by atoms with Crippen LogP contribution in [0.3, 0.4) is 0 Å². The second kappa shape index (κ2) is 5.41. The first kappa shape index (κ1) is 12.2. The molecule has 0 bridgehead atoms. The quantitative estimate of drug-likeness (QED) is 0.856. The summed E-state index contributed by atoms with van der Waals surface area (Å²) in [6.07, 6.45) is 4.27. The largest absolute Gasteiger partial charge is 0.312 e. The van der Waals surface area contributed by atoms with Crippen LogP contribution in [-0.2, 0) is 6.54 Å². The van der Waals surface area contributed by atoms with Crippen molar-refractivity contribution in [2.45, 2.75) is 32.7 Å². The Labute approximate surface area is 113 Å². The van der Waals surface area contributed by atoms with Crippen molar-refractivity contribution in [2.24, 2.45) is 11.8 Å². The molecule has 1 fully saturated rings. The predicted octanol–water partition coefficient (Wildman–Crippen LogP) is 4.43.